The summed E-state index contributed by atoms with van der Waals surface area (Å²) in [6.07, 6.45) is 2.58. The van der Waals surface area contributed by atoms with Gasteiger partial charge in [0.15, 0.2) is 0 Å². The predicted molar refractivity (Wildman–Crippen MR) is 102 cm³/mol. The number of ether oxygens (including phenoxy) is 1. The second-order valence-corrected chi connectivity index (χ2v) is 6.59. The third-order valence-corrected chi connectivity index (χ3v) is 4.78. The van der Waals surface area contributed by atoms with Gasteiger partial charge >= 0.3 is 0 Å². The zero-order valence-corrected chi connectivity index (χ0v) is 15.1. The molecule has 0 fully saturated rings. The van der Waals surface area contributed by atoms with E-state index >= 15 is 0 Å². The Labute approximate surface area is 157 Å². The van der Waals surface area contributed by atoms with E-state index in [1.165, 1.54) is 11.1 Å². The van der Waals surface area contributed by atoms with Gasteiger partial charge in [-0.05, 0) is 41.8 Å². The van der Waals surface area contributed by atoms with E-state index in [2.05, 4.69) is 27.5 Å². The summed E-state index contributed by atoms with van der Waals surface area (Å²) in [7, 11) is 1.56. The molecule has 2 aromatic carbocycles. The summed E-state index contributed by atoms with van der Waals surface area (Å²) in [4.78, 5) is 14.9. The molecule has 1 N–H and O–H groups in total. The van der Waals surface area contributed by atoms with Crippen LogP contribution in [0.4, 0.5) is 5.69 Å². The second kappa shape index (κ2) is 7.63. The molecule has 1 aromatic heterocycles. The summed E-state index contributed by atoms with van der Waals surface area (Å²) in [5.74, 6) is 0.384. The molecular weight excluding hydrogens is 342 g/mol. The minimum atomic E-state index is -0.178. The summed E-state index contributed by atoms with van der Waals surface area (Å²) in [5, 5.41) is 6.97. The van der Waals surface area contributed by atoms with Gasteiger partial charge in [-0.1, -0.05) is 23.4 Å². The topological polar surface area (TPSA) is 67.6 Å². The fourth-order valence-electron chi connectivity index (χ4n) is 3.41. The van der Waals surface area contributed by atoms with Crippen LogP contribution >= 0.6 is 0 Å². The minimum Gasteiger partial charge on any atom is -0.496 e. The first-order chi connectivity index (χ1) is 13.2. The molecule has 27 heavy (non-hydrogen) atoms. The standard InChI is InChI=1S/C21H21N3O3/c1-26-20-5-3-2-4-19(20)21(25)22-17-7-6-15-8-10-24(13-16(15)12-17)14-18-9-11-27-23-18/h2-7,9,11-12H,8,10,13-14H2,1H3,(H,22,25). The molecule has 0 saturated carbocycles. The Morgan fingerprint density at radius 3 is 2.93 bits per heavy atom. The number of anilines is 1. The first kappa shape index (κ1) is 17.3. The van der Waals surface area contributed by atoms with Crippen molar-refractivity contribution in [1.82, 2.24) is 10.1 Å². The number of hydrogen-bond donors (Lipinski definition) is 1. The molecule has 1 aliphatic rings. The highest BCUT2D eigenvalue weighted by Gasteiger charge is 2.18. The first-order valence-electron chi connectivity index (χ1n) is 8.91. The van der Waals surface area contributed by atoms with E-state index in [9.17, 15) is 4.79 Å². The van der Waals surface area contributed by atoms with E-state index in [1.54, 1.807) is 25.5 Å². The summed E-state index contributed by atoms with van der Waals surface area (Å²) < 4.78 is 10.2. The number of rotatable bonds is 5. The molecule has 3 aromatic rings. The number of carbonyl (C=O) groups is 1. The van der Waals surface area contributed by atoms with Crippen LogP contribution in [0.2, 0.25) is 0 Å². The zero-order valence-electron chi connectivity index (χ0n) is 15.1. The maximum atomic E-state index is 12.6. The van der Waals surface area contributed by atoms with Crippen LogP contribution in [0.5, 0.6) is 5.75 Å². The molecule has 0 spiro atoms. The Kier molecular flexibility index (Phi) is 4.89. The van der Waals surface area contributed by atoms with Gasteiger partial charge in [0.25, 0.3) is 5.91 Å². The largest absolute Gasteiger partial charge is 0.496 e. The smallest absolute Gasteiger partial charge is 0.259 e. The Bertz CT molecular complexity index is 938. The molecule has 6 heteroatoms. The van der Waals surface area contributed by atoms with Crippen LogP contribution < -0.4 is 10.1 Å². The molecule has 138 valence electrons. The lowest BCUT2D eigenvalue weighted by molar-refractivity contribution is 0.102. The molecule has 1 amide bonds. The summed E-state index contributed by atoms with van der Waals surface area (Å²) in [5.41, 5.74) is 4.78. The van der Waals surface area contributed by atoms with Crippen LogP contribution in [0, 0.1) is 0 Å². The van der Waals surface area contributed by atoms with Gasteiger partial charge < -0.3 is 14.6 Å². The van der Waals surface area contributed by atoms with Crippen LogP contribution in [0.3, 0.4) is 0 Å². The lowest BCUT2D eigenvalue weighted by atomic mass is 9.99. The average molecular weight is 363 g/mol. The SMILES string of the molecule is COc1ccccc1C(=O)Nc1ccc2c(c1)CN(Cc1ccon1)CC2. The number of hydrogen-bond acceptors (Lipinski definition) is 5. The van der Waals surface area contributed by atoms with Crippen molar-refractivity contribution in [3.63, 3.8) is 0 Å². The van der Waals surface area contributed by atoms with E-state index in [1.807, 2.05) is 24.3 Å². The number of nitrogens with zero attached hydrogens (tertiary/aromatic N) is 2. The quantitative estimate of drug-likeness (QED) is 0.751. The zero-order chi connectivity index (χ0) is 18.6. The summed E-state index contributed by atoms with van der Waals surface area (Å²) in [6, 6.07) is 15.2. The fourth-order valence-corrected chi connectivity index (χ4v) is 3.41. The molecular formula is C21H21N3O3. The van der Waals surface area contributed by atoms with Gasteiger partial charge in [0.1, 0.15) is 12.0 Å². The molecule has 6 nitrogen and oxygen atoms in total. The van der Waals surface area contributed by atoms with Gasteiger partial charge in [0.05, 0.1) is 18.4 Å². The van der Waals surface area contributed by atoms with E-state index in [4.69, 9.17) is 9.26 Å². The lowest BCUT2D eigenvalue weighted by Crippen LogP contribution is -2.30. The number of benzene rings is 2. The van der Waals surface area contributed by atoms with Crippen LogP contribution in [0.25, 0.3) is 0 Å². The molecule has 0 atom stereocenters. The molecule has 2 heterocycles. The minimum absolute atomic E-state index is 0.178. The van der Waals surface area contributed by atoms with Crippen molar-refractivity contribution >= 4 is 11.6 Å². The molecule has 0 aliphatic carbocycles. The average Bonchev–Trinajstić information content (AvgIpc) is 3.20. The predicted octanol–water partition coefficient (Wildman–Crippen LogP) is 3.49. The Morgan fingerprint density at radius 1 is 1.22 bits per heavy atom. The van der Waals surface area contributed by atoms with Crippen molar-refractivity contribution in [3.05, 3.63) is 77.2 Å². The van der Waals surface area contributed by atoms with E-state index in [0.29, 0.717) is 11.3 Å². The second-order valence-electron chi connectivity index (χ2n) is 6.59. The van der Waals surface area contributed by atoms with Gasteiger partial charge in [-0.15, -0.1) is 0 Å². The molecule has 0 radical (unpaired) electrons. The van der Waals surface area contributed by atoms with Crippen LogP contribution in [-0.2, 0) is 19.5 Å². The highest BCUT2D eigenvalue weighted by atomic mass is 16.5. The number of para-hydroxylation sites is 1. The first-order valence-corrected chi connectivity index (χ1v) is 8.91. The summed E-state index contributed by atoms with van der Waals surface area (Å²) in [6.45, 7) is 2.56. The van der Waals surface area contributed by atoms with Crippen molar-refractivity contribution in [2.75, 3.05) is 19.0 Å². The van der Waals surface area contributed by atoms with E-state index < -0.39 is 0 Å². The third-order valence-electron chi connectivity index (χ3n) is 4.78. The Hall–Kier alpha value is -3.12. The van der Waals surface area contributed by atoms with Crippen LogP contribution in [0.1, 0.15) is 27.2 Å². The van der Waals surface area contributed by atoms with Crippen LogP contribution in [0.15, 0.2) is 59.3 Å². The third kappa shape index (κ3) is 3.85. The lowest BCUT2D eigenvalue weighted by Gasteiger charge is -2.28. The molecule has 0 bridgehead atoms. The normalized spacial score (nSPS) is 13.8. The van der Waals surface area contributed by atoms with Gasteiger partial charge in [-0.3, -0.25) is 9.69 Å². The number of methoxy groups -OCH3 is 1. The molecule has 0 unspecified atom stereocenters. The number of carbonyl (C=O) groups excluding carboxylic acids is 1. The van der Waals surface area contributed by atoms with Gasteiger partial charge in [0, 0.05) is 31.4 Å². The van der Waals surface area contributed by atoms with E-state index in [0.717, 1.165) is 37.4 Å². The van der Waals surface area contributed by atoms with Crippen molar-refractivity contribution in [2.45, 2.75) is 19.5 Å². The molecule has 4 rings (SSSR count). The van der Waals surface area contributed by atoms with Gasteiger partial charge in [0.2, 0.25) is 0 Å². The number of aromatic nitrogens is 1. The molecule has 0 saturated heterocycles. The van der Waals surface area contributed by atoms with Crippen molar-refractivity contribution in [3.8, 4) is 5.75 Å². The van der Waals surface area contributed by atoms with Crippen molar-refractivity contribution in [1.29, 1.82) is 0 Å². The summed E-state index contributed by atoms with van der Waals surface area (Å²) >= 11 is 0. The fraction of sp³-hybridized carbons (Fsp3) is 0.238. The maximum absolute atomic E-state index is 12.6. The number of fused-ring (bicyclic) bond motifs is 1. The number of nitrogens with one attached hydrogen (secondary N) is 1. The highest BCUT2D eigenvalue weighted by molar-refractivity contribution is 6.06. The Balaban J connectivity index is 1.48. The van der Waals surface area contributed by atoms with Gasteiger partial charge in [-0.2, -0.15) is 0 Å². The monoisotopic (exact) mass is 363 g/mol. The number of amides is 1. The highest BCUT2D eigenvalue weighted by Crippen LogP contribution is 2.25. The van der Waals surface area contributed by atoms with Crippen molar-refractivity contribution < 1.29 is 14.1 Å². The molecule has 1 aliphatic heterocycles. The van der Waals surface area contributed by atoms with Crippen LogP contribution in [-0.4, -0.2) is 29.6 Å². The maximum Gasteiger partial charge on any atom is 0.259 e. The van der Waals surface area contributed by atoms with Crippen molar-refractivity contribution in [2.24, 2.45) is 0 Å². The Morgan fingerprint density at radius 2 is 2.11 bits per heavy atom. The van der Waals surface area contributed by atoms with E-state index in [-0.39, 0.29) is 5.91 Å². The van der Waals surface area contributed by atoms with Gasteiger partial charge in [-0.25, -0.2) is 0 Å².